The molecule has 0 unspecified atom stereocenters. The summed E-state index contributed by atoms with van der Waals surface area (Å²) in [7, 11) is -1.60. The van der Waals surface area contributed by atoms with E-state index in [0.29, 0.717) is 29.8 Å². The number of hydrogen-bond acceptors (Lipinski definition) is 3. The summed E-state index contributed by atoms with van der Waals surface area (Å²) < 4.78 is 27.0. The molecule has 0 radical (unpaired) electrons. The largest absolute Gasteiger partial charge is 0.388 e. The number of anilines is 1. The summed E-state index contributed by atoms with van der Waals surface area (Å²) in [6.45, 7) is 9.24. The molecular formula is C15H26N2O2S. The fourth-order valence-electron chi connectivity index (χ4n) is 2.03. The smallest absolute Gasteiger partial charge is 0.243 e. The van der Waals surface area contributed by atoms with E-state index in [-0.39, 0.29) is 0 Å². The van der Waals surface area contributed by atoms with E-state index in [2.05, 4.69) is 5.32 Å². The normalized spacial score (nSPS) is 12.4. The molecule has 0 atom stereocenters. The molecule has 0 heterocycles. The molecule has 0 aliphatic rings. The van der Waals surface area contributed by atoms with Crippen molar-refractivity contribution >= 4 is 15.7 Å². The van der Waals surface area contributed by atoms with Gasteiger partial charge in [-0.1, -0.05) is 27.7 Å². The Balaban J connectivity index is 3.07. The number of nitrogens with zero attached hydrogens (tertiary/aromatic N) is 1. The molecule has 1 rings (SSSR count). The Morgan fingerprint density at radius 3 is 1.80 bits per heavy atom. The van der Waals surface area contributed by atoms with Crippen LogP contribution in [0.1, 0.15) is 27.7 Å². The number of benzene rings is 1. The van der Waals surface area contributed by atoms with Crippen molar-refractivity contribution in [1.29, 1.82) is 0 Å². The van der Waals surface area contributed by atoms with E-state index >= 15 is 0 Å². The summed E-state index contributed by atoms with van der Waals surface area (Å²) in [5.74, 6) is 0.611. The Morgan fingerprint density at radius 2 is 1.45 bits per heavy atom. The first-order valence-electron chi connectivity index (χ1n) is 7.05. The van der Waals surface area contributed by atoms with E-state index in [9.17, 15) is 8.42 Å². The van der Waals surface area contributed by atoms with Crippen LogP contribution < -0.4 is 5.32 Å². The Morgan fingerprint density at radius 1 is 1.00 bits per heavy atom. The lowest BCUT2D eigenvalue weighted by Gasteiger charge is -2.25. The Hall–Kier alpha value is -1.07. The van der Waals surface area contributed by atoms with Crippen LogP contribution in [0.5, 0.6) is 0 Å². The van der Waals surface area contributed by atoms with Gasteiger partial charge in [0.15, 0.2) is 0 Å². The highest BCUT2D eigenvalue weighted by molar-refractivity contribution is 7.89. The highest BCUT2D eigenvalue weighted by atomic mass is 32.2. The lowest BCUT2D eigenvalue weighted by Crippen LogP contribution is -2.37. The number of hydrogen-bond donors (Lipinski definition) is 1. The lowest BCUT2D eigenvalue weighted by molar-refractivity contribution is 0.333. The summed E-state index contributed by atoms with van der Waals surface area (Å²) in [5.41, 5.74) is 0.906. The maximum Gasteiger partial charge on any atom is 0.243 e. The summed E-state index contributed by atoms with van der Waals surface area (Å²) in [4.78, 5) is 0.359. The Bertz CT molecular complexity index is 497. The number of sulfonamides is 1. The molecule has 0 spiro atoms. The Labute approximate surface area is 123 Å². The molecule has 0 aliphatic heterocycles. The van der Waals surface area contributed by atoms with Gasteiger partial charge in [0, 0.05) is 25.8 Å². The highest BCUT2D eigenvalue weighted by Crippen LogP contribution is 2.20. The molecule has 0 aromatic heterocycles. The van der Waals surface area contributed by atoms with Gasteiger partial charge < -0.3 is 5.32 Å². The van der Waals surface area contributed by atoms with Crippen molar-refractivity contribution < 1.29 is 8.42 Å². The van der Waals surface area contributed by atoms with Crippen LogP contribution in [0.2, 0.25) is 0 Å². The lowest BCUT2D eigenvalue weighted by atomic mass is 10.2. The minimum Gasteiger partial charge on any atom is -0.388 e. The maximum atomic E-state index is 12.7. The monoisotopic (exact) mass is 298 g/mol. The van der Waals surface area contributed by atoms with Gasteiger partial charge in [0.1, 0.15) is 0 Å². The van der Waals surface area contributed by atoms with Crippen LogP contribution >= 0.6 is 0 Å². The van der Waals surface area contributed by atoms with Gasteiger partial charge in [-0.15, -0.1) is 0 Å². The predicted molar refractivity (Wildman–Crippen MR) is 84.4 cm³/mol. The molecule has 1 aromatic rings. The summed E-state index contributed by atoms with van der Waals surface area (Å²) >= 11 is 0. The van der Waals surface area contributed by atoms with Crippen LogP contribution in [0.3, 0.4) is 0 Å². The number of rotatable bonds is 7. The van der Waals surface area contributed by atoms with Gasteiger partial charge in [-0.3, -0.25) is 0 Å². The average molecular weight is 298 g/mol. The zero-order valence-corrected chi connectivity index (χ0v) is 13.9. The quantitative estimate of drug-likeness (QED) is 0.842. The van der Waals surface area contributed by atoms with Crippen LogP contribution in [0.25, 0.3) is 0 Å². The maximum absolute atomic E-state index is 12.7. The van der Waals surface area contributed by atoms with Gasteiger partial charge in [0.2, 0.25) is 10.0 Å². The first-order valence-corrected chi connectivity index (χ1v) is 8.49. The molecule has 0 aliphatic carbocycles. The first kappa shape index (κ1) is 17.0. The van der Waals surface area contributed by atoms with Crippen molar-refractivity contribution in [2.75, 3.05) is 25.5 Å². The second-order valence-electron chi connectivity index (χ2n) is 5.88. The van der Waals surface area contributed by atoms with Gasteiger partial charge in [-0.2, -0.15) is 4.31 Å². The second-order valence-corrected chi connectivity index (χ2v) is 7.82. The van der Waals surface area contributed by atoms with Crippen molar-refractivity contribution in [1.82, 2.24) is 4.31 Å². The molecule has 4 nitrogen and oxygen atoms in total. The van der Waals surface area contributed by atoms with Gasteiger partial charge in [-0.05, 0) is 36.1 Å². The van der Waals surface area contributed by atoms with Crippen LogP contribution in [0.4, 0.5) is 5.69 Å². The van der Waals surface area contributed by atoms with Crippen LogP contribution in [-0.4, -0.2) is 32.9 Å². The van der Waals surface area contributed by atoms with Crippen molar-refractivity contribution in [2.45, 2.75) is 32.6 Å². The van der Waals surface area contributed by atoms with Crippen molar-refractivity contribution in [3.05, 3.63) is 24.3 Å². The van der Waals surface area contributed by atoms with E-state index < -0.39 is 10.0 Å². The molecule has 0 amide bonds. The van der Waals surface area contributed by atoms with E-state index in [4.69, 9.17) is 0 Å². The average Bonchev–Trinajstić information content (AvgIpc) is 2.37. The molecule has 0 saturated carbocycles. The third kappa shape index (κ3) is 4.49. The van der Waals surface area contributed by atoms with E-state index in [1.807, 2.05) is 34.7 Å². The topological polar surface area (TPSA) is 49.4 Å². The molecule has 5 heteroatoms. The SMILES string of the molecule is CNc1ccc(S(=O)(=O)N(CC(C)C)CC(C)C)cc1. The minimum atomic E-state index is -3.41. The summed E-state index contributed by atoms with van der Waals surface area (Å²) in [5, 5.41) is 2.99. The van der Waals surface area contributed by atoms with Crippen molar-refractivity contribution in [3.8, 4) is 0 Å². The van der Waals surface area contributed by atoms with E-state index in [1.54, 1.807) is 28.6 Å². The van der Waals surface area contributed by atoms with E-state index in [1.165, 1.54) is 0 Å². The zero-order chi connectivity index (χ0) is 15.3. The fourth-order valence-corrected chi connectivity index (χ4v) is 3.79. The van der Waals surface area contributed by atoms with Gasteiger partial charge in [-0.25, -0.2) is 8.42 Å². The standard InChI is InChI=1S/C15H26N2O2S/c1-12(2)10-17(11-13(3)4)20(18,19)15-8-6-14(16-5)7-9-15/h6-9,12-13,16H,10-11H2,1-5H3. The summed E-state index contributed by atoms with van der Waals surface area (Å²) in [6.07, 6.45) is 0. The molecule has 1 N–H and O–H groups in total. The highest BCUT2D eigenvalue weighted by Gasteiger charge is 2.25. The molecule has 20 heavy (non-hydrogen) atoms. The molecule has 114 valence electrons. The Kier molecular flexibility index (Phi) is 6.02. The minimum absolute atomic E-state index is 0.306. The third-order valence-corrected chi connectivity index (χ3v) is 4.76. The number of nitrogens with one attached hydrogen (secondary N) is 1. The van der Waals surface area contributed by atoms with Crippen molar-refractivity contribution in [2.24, 2.45) is 11.8 Å². The second kappa shape index (κ2) is 7.09. The molecule has 0 fully saturated rings. The van der Waals surface area contributed by atoms with Crippen molar-refractivity contribution in [3.63, 3.8) is 0 Å². The molecular weight excluding hydrogens is 272 g/mol. The van der Waals surface area contributed by atoms with Crippen LogP contribution in [0, 0.1) is 11.8 Å². The third-order valence-electron chi connectivity index (χ3n) is 2.92. The van der Waals surface area contributed by atoms with Gasteiger partial charge in [0.25, 0.3) is 0 Å². The summed E-state index contributed by atoms with van der Waals surface area (Å²) in [6, 6.07) is 6.90. The molecule has 1 aromatic carbocycles. The fraction of sp³-hybridized carbons (Fsp3) is 0.600. The molecule has 0 bridgehead atoms. The predicted octanol–water partition coefficient (Wildman–Crippen LogP) is 3.03. The van der Waals surface area contributed by atoms with Gasteiger partial charge >= 0.3 is 0 Å². The zero-order valence-electron chi connectivity index (χ0n) is 13.1. The van der Waals surface area contributed by atoms with Crippen LogP contribution in [-0.2, 0) is 10.0 Å². The molecule has 0 saturated heterocycles. The van der Waals surface area contributed by atoms with E-state index in [0.717, 1.165) is 5.69 Å². The van der Waals surface area contributed by atoms with Gasteiger partial charge in [0.05, 0.1) is 4.90 Å². The van der Waals surface area contributed by atoms with Crippen LogP contribution in [0.15, 0.2) is 29.2 Å². The first-order chi connectivity index (χ1) is 9.27.